The van der Waals surface area contributed by atoms with Gasteiger partial charge in [-0.3, -0.25) is 14.5 Å². The van der Waals surface area contributed by atoms with Crippen LogP contribution in [0.4, 0.5) is 5.13 Å². The Morgan fingerprint density at radius 3 is 2.56 bits per heavy atom. The number of aliphatic hydroxyl groups excluding tert-OH is 1. The number of ether oxygens (including phenoxy) is 3. The quantitative estimate of drug-likeness (QED) is 0.0697. The van der Waals surface area contributed by atoms with Gasteiger partial charge in [-0.15, -0.1) is 0 Å². The Balaban J connectivity index is 1.83. The SMILES string of the molecule is C=CCOC(=O)c1sc(N2C(=O)C(=O)/C(=C(/O)c3cccc(OCCCC)c3)C2c2ccc(OCC)cc2)nc1C. The van der Waals surface area contributed by atoms with Crippen molar-refractivity contribution in [1.82, 2.24) is 4.98 Å². The summed E-state index contributed by atoms with van der Waals surface area (Å²) in [4.78, 5) is 45.5. The zero-order valence-corrected chi connectivity index (χ0v) is 24.0. The normalized spacial score (nSPS) is 16.1. The van der Waals surface area contributed by atoms with E-state index < -0.39 is 23.7 Å². The van der Waals surface area contributed by atoms with E-state index in [4.69, 9.17) is 14.2 Å². The number of esters is 1. The molecule has 1 aliphatic rings. The Morgan fingerprint density at radius 1 is 1.12 bits per heavy atom. The molecule has 1 N–H and O–H groups in total. The van der Waals surface area contributed by atoms with E-state index in [0.29, 0.717) is 41.5 Å². The molecule has 0 radical (unpaired) electrons. The first-order chi connectivity index (χ1) is 19.8. The van der Waals surface area contributed by atoms with Crippen LogP contribution in [-0.4, -0.2) is 47.6 Å². The lowest BCUT2D eigenvalue weighted by molar-refractivity contribution is -0.132. The molecule has 0 spiro atoms. The van der Waals surface area contributed by atoms with Gasteiger partial charge in [-0.05, 0) is 50.1 Å². The first-order valence-electron chi connectivity index (χ1n) is 13.3. The average molecular weight is 577 g/mol. The fourth-order valence-electron chi connectivity index (χ4n) is 4.36. The number of hydrogen-bond donors (Lipinski definition) is 1. The third-order valence-electron chi connectivity index (χ3n) is 6.33. The van der Waals surface area contributed by atoms with Gasteiger partial charge in [-0.1, -0.05) is 61.6 Å². The highest BCUT2D eigenvalue weighted by Crippen LogP contribution is 2.44. The zero-order chi connectivity index (χ0) is 29.5. The van der Waals surface area contributed by atoms with Crippen molar-refractivity contribution in [3.63, 3.8) is 0 Å². The largest absolute Gasteiger partial charge is 0.507 e. The molecule has 9 nitrogen and oxygen atoms in total. The lowest BCUT2D eigenvalue weighted by Crippen LogP contribution is -2.29. The van der Waals surface area contributed by atoms with Crippen LogP contribution in [0.2, 0.25) is 0 Å². The van der Waals surface area contributed by atoms with Crippen LogP contribution in [0.15, 0.2) is 66.8 Å². The number of carbonyl (C=O) groups is 3. The second-order valence-corrected chi connectivity index (χ2v) is 10.2. The van der Waals surface area contributed by atoms with E-state index >= 15 is 0 Å². The third-order valence-corrected chi connectivity index (χ3v) is 7.47. The Kier molecular flexibility index (Phi) is 9.57. The van der Waals surface area contributed by atoms with Crippen LogP contribution in [0.3, 0.4) is 0 Å². The molecule has 41 heavy (non-hydrogen) atoms. The van der Waals surface area contributed by atoms with Gasteiger partial charge in [0.05, 0.1) is 30.5 Å². The number of unbranched alkanes of at least 4 members (excludes halogenated alkanes) is 1. The molecule has 1 aliphatic heterocycles. The average Bonchev–Trinajstić information content (AvgIpc) is 3.48. The summed E-state index contributed by atoms with van der Waals surface area (Å²) in [6.45, 7) is 10.1. The standard InChI is InChI=1S/C31H32N2O7S/c1-5-8-17-39-23-11-9-10-21(18-23)26(34)24-25(20-12-14-22(15-13-20)38-7-3)33(29(36)27(24)35)31-32-19(4)28(41-31)30(37)40-16-6-2/h6,9-15,18,25,34H,2,5,7-8,16-17H2,1,3-4H3/b26-24+. The van der Waals surface area contributed by atoms with Crippen molar-refractivity contribution in [2.24, 2.45) is 0 Å². The number of ketones is 1. The first kappa shape index (κ1) is 29.5. The number of Topliss-reactive ketones (excluding diaryl/α,β-unsaturated/α-hetero) is 1. The van der Waals surface area contributed by atoms with Crippen LogP contribution in [0, 0.1) is 6.92 Å². The van der Waals surface area contributed by atoms with Gasteiger partial charge in [0.15, 0.2) is 5.13 Å². The van der Waals surface area contributed by atoms with Crippen LogP contribution in [0.5, 0.6) is 11.5 Å². The molecule has 0 saturated carbocycles. The van der Waals surface area contributed by atoms with Crippen molar-refractivity contribution in [2.45, 2.75) is 39.7 Å². The van der Waals surface area contributed by atoms with Crippen LogP contribution >= 0.6 is 11.3 Å². The van der Waals surface area contributed by atoms with Gasteiger partial charge in [-0.25, -0.2) is 9.78 Å². The number of aryl methyl sites for hydroxylation is 1. The Bertz CT molecular complexity index is 1480. The molecule has 3 aromatic rings. The number of thiazole rings is 1. The zero-order valence-electron chi connectivity index (χ0n) is 23.2. The van der Waals surface area contributed by atoms with Crippen LogP contribution in [0.1, 0.15) is 59.2 Å². The summed E-state index contributed by atoms with van der Waals surface area (Å²) in [6.07, 6.45) is 3.29. The summed E-state index contributed by atoms with van der Waals surface area (Å²) in [5, 5.41) is 11.6. The predicted octanol–water partition coefficient (Wildman–Crippen LogP) is 6.00. The van der Waals surface area contributed by atoms with Gasteiger partial charge in [0.25, 0.3) is 5.78 Å². The summed E-state index contributed by atoms with van der Waals surface area (Å²) in [5.41, 5.74) is 1.13. The maximum atomic E-state index is 13.5. The van der Waals surface area contributed by atoms with Gasteiger partial charge >= 0.3 is 11.9 Å². The molecule has 0 aliphatic carbocycles. The van der Waals surface area contributed by atoms with Gasteiger partial charge in [0, 0.05) is 5.56 Å². The fraction of sp³-hybridized carbons (Fsp3) is 0.290. The van der Waals surface area contributed by atoms with E-state index in [0.717, 1.165) is 24.2 Å². The van der Waals surface area contributed by atoms with Crippen molar-refractivity contribution < 1.29 is 33.7 Å². The predicted molar refractivity (Wildman–Crippen MR) is 157 cm³/mol. The summed E-state index contributed by atoms with van der Waals surface area (Å²) in [7, 11) is 0. The molecule has 0 bridgehead atoms. The number of amides is 1. The van der Waals surface area contributed by atoms with Crippen molar-refractivity contribution in [1.29, 1.82) is 0 Å². The summed E-state index contributed by atoms with van der Waals surface area (Å²) in [6, 6.07) is 12.7. The minimum absolute atomic E-state index is 0.0173. The van der Waals surface area contributed by atoms with Crippen LogP contribution in [-0.2, 0) is 14.3 Å². The Morgan fingerprint density at radius 2 is 1.88 bits per heavy atom. The van der Waals surface area contributed by atoms with Gasteiger partial charge < -0.3 is 19.3 Å². The lowest BCUT2D eigenvalue weighted by atomic mass is 9.95. The number of aliphatic hydroxyl groups is 1. The molecular weight excluding hydrogens is 544 g/mol. The Labute approximate surface area is 242 Å². The third kappa shape index (κ3) is 6.33. The van der Waals surface area contributed by atoms with E-state index in [9.17, 15) is 19.5 Å². The van der Waals surface area contributed by atoms with E-state index in [1.54, 1.807) is 55.5 Å². The highest BCUT2D eigenvalue weighted by Gasteiger charge is 2.48. The summed E-state index contributed by atoms with van der Waals surface area (Å²) >= 11 is 0.938. The van der Waals surface area contributed by atoms with Crippen molar-refractivity contribution in [2.75, 3.05) is 24.7 Å². The van der Waals surface area contributed by atoms with Crippen LogP contribution < -0.4 is 14.4 Å². The Hall–Kier alpha value is -4.44. The van der Waals surface area contributed by atoms with Crippen molar-refractivity contribution >= 4 is 39.9 Å². The topological polar surface area (TPSA) is 115 Å². The number of aromatic nitrogens is 1. The monoisotopic (exact) mass is 576 g/mol. The maximum absolute atomic E-state index is 13.5. The van der Waals surface area contributed by atoms with E-state index in [1.165, 1.54) is 11.0 Å². The van der Waals surface area contributed by atoms with Crippen molar-refractivity contribution in [3.8, 4) is 11.5 Å². The summed E-state index contributed by atoms with van der Waals surface area (Å²) in [5.74, 6) is -1.55. The molecule has 4 rings (SSSR count). The number of nitrogens with zero attached hydrogens (tertiary/aromatic N) is 2. The molecule has 1 aromatic heterocycles. The highest BCUT2D eigenvalue weighted by atomic mass is 32.1. The smallest absolute Gasteiger partial charge is 0.350 e. The molecular formula is C31H32N2O7S. The van der Waals surface area contributed by atoms with Gasteiger partial charge in [0.1, 0.15) is 28.7 Å². The first-order valence-corrected chi connectivity index (χ1v) is 14.1. The molecule has 1 amide bonds. The van der Waals surface area contributed by atoms with Crippen LogP contribution in [0.25, 0.3) is 5.76 Å². The fourth-order valence-corrected chi connectivity index (χ4v) is 5.34. The molecule has 2 aromatic carbocycles. The van der Waals surface area contributed by atoms with E-state index in [1.807, 2.05) is 6.92 Å². The minimum atomic E-state index is -1.02. The molecule has 214 valence electrons. The molecule has 1 unspecified atom stereocenters. The minimum Gasteiger partial charge on any atom is -0.507 e. The highest BCUT2D eigenvalue weighted by molar-refractivity contribution is 7.17. The molecule has 1 saturated heterocycles. The molecule has 10 heteroatoms. The lowest BCUT2D eigenvalue weighted by Gasteiger charge is -2.23. The van der Waals surface area contributed by atoms with Gasteiger partial charge in [-0.2, -0.15) is 0 Å². The number of rotatable bonds is 12. The molecule has 2 heterocycles. The summed E-state index contributed by atoms with van der Waals surface area (Å²) < 4.78 is 16.5. The van der Waals surface area contributed by atoms with Gasteiger partial charge in [0.2, 0.25) is 0 Å². The molecule has 1 atom stereocenters. The van der Waals surface area contributed by atoms with E-state index in [-0.39, 0.29) is 27.9 Å². The number of carbonyl (C=O) groups excluding carboxylic acids is 3. The number of hydrogen-bond acceptors (Lipinski definition) is 9. The number of anilines is 1. The van der Waals surface area contributed by atoms with E-state index in [2.05, 4.69) is 18.5 Å². The maximum Gasteiger partial charge on any atom is 0.350 e. The molecule has 1 fully saturated rings. The van der Waals surface area contributed by atoms with Crippen molar-refractivity contribution in [3.05, 3.63) is 88.5 Å². The number of benzene rings is 2. The second-order valence-electron chi connectivity index (χ2n) is 9.20. The second kappa shape index (κ2) is 13.3.